The molecule has 1 aromatic carbocycles. The Morgan fingerprint density at radius 2 is 2.00 bits per heavy atom. The monoisotopic (exact) mass is 260 g/mol. The molecule has 3 rings (SSSR count). The van der Waals surface area contributed by atoms with E-state index in [1.807, 2.05) is 29.6 Å². The largest absolute Gasteiger partial charge is 0.490 e. The van der Waals surface area contributed by atoms with Gasteiger partial charge >= 0.3 is 0 Å². The van der Waals surface area contributed by atoms with Gasteiger partial charge in [-0.05, 0) is 52.9 Å². The zero-order valence-electron chi connectivity index (χ0n) is 10.1. The van der Waals surface area contributed by atoms with Crippen molar-refractivity contribution in [1.29, 1.82) is 0 Å². The highest BCUT2D eigenvalue weighted by Gasteiger charge is 2.23. The van der Waals surface area contributed by atoms with Crippen LogP contribution in [0.1, 0.15) is 30.1 Å². The standard InChI is InChI=1S/C15H16O2S/c16-15(9-11-7-8-18-10-11)12-1-3-13(4-2-12)17-14-5-6-14/h1-4,7-8,10,14-16H,5-6,9H2. The predicted molar refractivity (Wildman–Crippen MR) is 73.1 cm³/mol. The molecule has 1 aromatic heterocycles. The normalized spacial score (nSPS) is 16.5. The number of aliphatic hydroxyl groups is 1. The summed E-state index contributed by atoms with van der Waals surface area (Å²) < 4.78 is 5.69. The van der Waals surface area contributed by atoms with Gasteiger partial charge in [0, 0.05) is 6.42 Å². The summed E-state index contributed by atoms with van der Waals surface area (Å²) in [6, 6.07) is 9.86. The molecule has 0 aliphatic heterocycles. The smallest absolute Gasteiger partial charge is 0.119 e. The molecule has 0 amide bonds. The van der Waals surface area contributed by atoms with Crippen molar-refractivity contribution >= 4 is 11.3 Å². The molecule has 2 nitrogen and oxygen atoms in total. The number of hydrogen-bond donors (Lipinski definition) is 1. The van der Waals surface area contributed by atoms with Crippen molar-refractivity contribution in [2.24, 2.45) is 0 Å². The van der Waals surface area contributed by atoms with E-state index in [2.05, 4.69) is 11.4 Å². The van der Waals surface area contributed by atoms with Crippen molar-refractivity contribution in [3.8, 4) is 5.75 Å². The molecule has 0 radical (unpaired) electrons. The van der Waals surface area contributed by atoms with Gasteiger partial charge in [0.2, 0.25) is 0 Å². The number of thiophene rings is 1. The van der Waals surface area contributed by atoms with Crippen molar-refractivity contribution in [3.63, 3.8) is 0 Å². The Labute approximate surface area is 111 Å². The van der Waals surface area contributed by atoms with Gasteiger partial charge in [0.1, 0.15) is 5.75 Å². The van der Waals surface area contributed by atoms with Crippen LogP contribution in [0.3, 0.4) is 0 Å². The lowest BCUT2D eigenvalue weighted by Crippen LogP contribution is -2.01. The van der Waals surface area contributed by atoms with Gasteiger partial charge in [-0.25, -0.2) is 0 Å². The zero-order chi connectivity index (χ0) is 12.4. The van der Waals surface area contributed by atoms with Gasteiger partial charge in [-0.1, -0.05) is 12.1 Å². The van der Waals surface area contributed by atoms with Gasteiger partial charge in [0.25, 0.3) is 0 Å². The molecule has 0 spiro atoms. The number of hydrogen-bond acceptors (Lipinski definition) is 3. The van der Waals surface area contributed by atoms with E-state index in [1.54, 1.807) is 11.3 Å². The lowest BCUT2D eigenvalue weighted by molar-refractivity contribution is 0.178. The second-order valence-electron chi connectivity index (χ2n) is 4.74. The molecule has 0 bridgehead atoms. The molecular formula is C15H16O2S. The Morgan fingerprint density at radius 3 is 2.61 bits per heavy atom. The van der Waals surface area contributed by atoms with E-state index in [-0.39, 0.29) is 0 Å². The predicted octanol–water partition coefficient (Wildman–Crippen LogP) is 3.57. The van der Waals surface area contributed by atoms with Crippen LogP contribution in [0.4, 0.5) is 0 Å². The first kappa shape index (κ1) is 11.8. The van der Waals surface area contributed by atoms with Crippen molar-refractivity contribution in [2.45, 2.75) is 31.5 Å². The summed E-state index contributed by atoms with van der Waals surface area (Å²) in [6.45, 7) is 0. The molecule has 1 atom stereocenters. The number of rotatable bonds is 5. The van der Waals surface area contributed by atoms with Crippen LogP contribution in [0.15, 0.2) is 41.1 Å². The topological polar surface area (TPSA) is 29.5 Å². The van der Waals surface area contributed by atoms with Gasteiger partial charge in [-0.3, -0.25) is 0 Å². The van der Waals surface area contributed by atoms with Crippen LogP contribution in [0.2, 0.25) is 0 Å². The number of aliphatic hydroxyl groups excluding tert-OH is 1. The van der Waals surface area contributed by atoms with E-state index >= 15 is 0 Å². The number of benzene rings is 1. The van der Waals surface area contributed by atoms with E-state index < -0.39 is 6.10 Å². The number of ether oxygens (including phenoxy) is 1. The third-order valence-electron chi connectivity index (χ3n) is 3.10. The maximum Gasteiger partial charge on any atom is 0.119 e. The van der Waals surface area contributed by atoms with E-state index in [0.717, 1.165) is 11.3 Å². The fraction of sp³-hybridized carbons (Fsp3) is 0.333. The molecule has 3 heteroatoms. The van der Waals surface area contributed by atoms with Crippen LogP contribution in [-0.2, 0) is 6.42 Å². The SMILES string of the molecule is OC(Cc1ccsc1)c1ccc(OC2CC2)cc1. The molecule has 18 heavy (non-hydrogen) atoms. The summed E-state index contributed by atoms with van der Waals surface area (Å²) in [4.78, 5) is 0. The minimum absolute atomic E-state index is 0.423. The van der Waals surface area contributed by atoms with Crippen LogP contribution in [-0.4, -0.2) is 11.2 Å². The van der Waals surface area contributed by atoms with E-state index in [4.69, 9.17) is 4.74 Å². The minimum Gasteiger partial charge on any atom is -0.490 e. The molecular weight excluding hydrogens is 244 g/mol. The summed E-state index contributed by atoms with van der Waals surface area (Å²) in [5.41, 5.74) is 2.13. The molecule has 1 fully saturated rings. The maximum atomic E-state index is 10.1. The third-order valence-corrected chi connectivity index (χ3v) is 3.83. The Bertz CT molecular complexity index is 486. The van der Waals surface area contributed by atoms with Gasteiger partial charge < -0.3 is 9.84 Å². The molecule has 94 valence electrons. The van der Waals surface area contributed by atoms with E-state index in [0.29, 0.717) is 12.5 Å². The highest BCUT2D eigenvalue weighted by atomic mass is 32.1. The summed E-state index contributed by atoms with van der Waals surface area (Å²) >= 11 is 1.66. The quantitative estimate of drug-likeness (QED) is 0.890. The molecule has 1 unspecified atom stereocenters. The van der Waals surface area contributed by atoms with Crippen LogP contribution in [0.5, 0.6) is 5.75 Å². The van der Waals surface area contributed by atoms with Crippen LogP contribution in [0, 0.1) is 0 Å². The first-order valence-electron chi connectivity index (χ1n) is 6.27. The van der Waals surface area contributed by atoms with Crippen molar-refractivity contribution in [2.75, 3.05) is 0 Å². The summed E-state index contributed by atoms with van der Waals surface area (Å²) in [7, 11) is 0. The molecule has 1 aliphatic carbocycles. The Kier molecular flexibility index (Phi) is 3.35. The van der Waals surface area contributed by atoms with Gasteiger partial charge in [-0.2, -0.15) is 11.3 Å². The molecule has 1 aliphatic rings. The fourth-order valence-electron chi connectivity index (χ4n) is 1.90. The van der Waals surface area contributed by atoms with Gasteiger partial charge in [-0.15, -0.1) is 0 Å². The van der Waals surface area contributed by atoms with E-state index in [1.165, 1.54) is 18.4 Å². The molecule has 2 aromatic rings. The average molecular weight is 260 g/mol. The van der Waals surface area contributed by atoms with Crippen LogP contribution < -0.4 is 4.74 Å². The summed E-state index contributed by atoms with van der Waals surface area (Å²) in [6.07, 6.45) is 3.00. The highest BCUT2D eigenvalue weighted by Crippen LogP contribution is 2.28. The second-order valence-corrected chi connectivity index (χ2v) is 5.52. The fourth-order valence-corrected chi connectivity index (χ4v) is 2.58. The van der Waals surface area contributed by atoms with Crippen LogP contribution >= 0.6 is 11.3 Å². The maximum absolute atomic E-state index is 10.1. The molecule has 1 saturated carbocycles. The van der Waals surface area contributed by atoms with Crippen LogP contribution in [0.25, 0.3) is 0 Å². The third kappa shape index (κ3) is 2.92. The lowest BCUT2D eigenvalue weighted by atomic mass is 10.0. The molecule has 1 N–H and O–H groups in total. The van der Waals surface area contributed by atoms with Gasteiger partial charge in [0.15, 0.2) is 0 Å². The lowest BCUT2D eigenvalue weighted by Gasteiger charge is -2.11. The minimum atomic E-state index is -0.436. The van der Waals surface area contributed by atoms with Crippen molar-refractivity contribution in [1.82, 2.24) is 0 Å². The van der Waals surface area contributed by atoms with Crippen molar-refractivity contribution in [3.05, 3.63) is 52.2 Å². The first-order chi connectivity index (χ1) is 8.81. The second kappa shape index (κ2) is 5.12. The highest BCUT2D eigenvalue weighted by molar-refractivity contribution is 7.07. The summed E-state index contributed by atoms with van der Waals surface area (Å²) in [5, 5.41) is 14.3. The van der Waals surface area contributed by atoms with Crippen molar-refractivity contribution < 1.29 is 9.84 Å². The van der Waals surface area contributed by atoms with Gasteiger partial charge in [0.05, 0.1) is 12.2 Å². The zero-order valence-corrected chi connectivity index (χ0v) is 10.9. The molecule has 1 heterocycles. The Balaban J connectivity index is 1.63. The van der Waals surface area contributed by atoms with E-state index in [9.17, 15) is 5.11 Å². The first-order valence-corrected chi connectivity index (χ1v) is 7.21. The Morgan fingerprint density at radius 1 is 1.22 bits per heavy atom. The molecule has 0 saturated heterocycles. The summed E-state index contributed by atoms with van der Waals surface area (Å²) in [5.74, 6) is 0.906. The average Bonchev–Trinajstić information content (AvgIpc) is 3.04. The Hall–Kier alpha value is -1.32.